The number of allylic oxidation sites excluding steroid dienone is 3. The average molecular weight is 528 g/mol. The number of hydrogen-bond donors (Lipinski definition) is 1. The molecule has 1 aliphatic carbocycles. The lowest BCUT2D eigenvalue weighted by Crippen LogP contribution is -2.47. The fourth-order valence-corrected chi connectivity index (χ4v) is 5.43. The molecule has 8 heteroatoms. The van der Waals surface area contributed by atoms with Gasteiger partial charge in [-0.05, 0) is 74.9 Å². The molecule has 0 spiro atoms. The summed E-state index contributed by atoms with van der Waals surface area (Å²) in [6.07, 6.45) is 11.5. The summed E-state index contributed by atoms with van der Waals surface area (Å²) in [6, 6.07) is 3.15. The van der Waals surface area contributed by atoms with E-state index in [4.69, 9.17) is 9.47 Å². The second kappa shape index (κ2) is 13.7. The second-order valence-corrected chi connectivity index (χ2v) is 10.7. The normalized spacial score (nSPS) is 19.0. The molecule has 1 aromatic carbocycles. The van der Waals surface area contributed by atoms with Crippen molar-refractivity contribution in [3.8, 4) is 11.5 Å². The van der Waals surface area contributed by atoms with Gasteiger partial charge in [0, 0.05) is 17.4 Å². The summed E-state index contributed by atoms with van der Waals surface area (Å²) in [5.74, 6) is 1.78. The van der Waals surface area contributed by atoms with Gasteiger partial charge < -0.3 is 25.1 Å². The topological polar surface area (TPSA) is 90.9 Å². The Kier molecular flexibility index (Phi) is 10.7. The van der Waals surface area contributed by atoms with E-state index >= 15 is 0 Å². The number of amides is 2. The van der Waals surface area contributed by atoms with E-state index < -0.39 is 17.9 Å². The fourth-order valence-electron chi connectivity index (χ4n) is 4.96. The lowest BCUT2D eigenvalue weighted by atomic mass is 9.74. The molecule has 1 heterocycles. The SMILES string of the molecule is C=CN([O-])C(=O)C(CCSC)NC(=O)COc1cc(CCCCC)cc2c1C1C=C(C)CCC1C(=C)O2. The number of thioether (sulfide) groups is 1. The number of aryl methyl sites for hydroxylation is 1. The maximum atomic E-state index is 12.9. The number of carbonyl (C=O) groups is 2. The van der Waals surface area contributed by atoms with E-state index in [1.165, 1.54) is 17.3 Å². The highest BCUT2D eigenvalue weighted by Crippen LogP contribution is 2.51. The lowest BCUT2D eigenvalue weighted by molar-refractivity contribution is -0.133. The first-order chi connectivity index (χ1) is 17.8. The summed E-state index contributed by atoms with van der Waals surface area (Å²) in [7, 11) is 0. The minimum Gasteiger partial charge on any atom is -0.752 e. The summed E-state index contributed by atoms with van der Waals surface area (Å²) in [6.45, 7) is 11.6. The van der Waals surface area contributed by atoms with Crippen molar-refractivity contribution < 1.29 is 19.1 Å². The number of rotatable bonds is 13. The van der Waals surface area contributed by atoms with Crippen LogP contribution >= 0.6 is 11.8 Å². The molecule has 1 aromatic rings. The number of ether oxygens (including phenoxy) is 2. The maximum absolute atomic E-state index is 12.9. The number of unbranched alkanes of at least 4 members (excludes halogenated alkanes) is 2. The zero-order valence-electron chi connectivity index (χ0n) is 22.2. The van der Waals surface area contributed by atoms with Crippen LogP contribution in [0.3, 0.4) is 0 Å². The smallest absolute Gasteiger partial charge is 0.258 e. The Morgan fingerprint density at radius 1 is 1.38 bits per heavy atom. The highest BCUT2D eigenvalue weighted by molar-refractivity contribution is 7.98. The molecule has 202 valence electrons. The molecule has 0 bridgehead atoms. The van der Waals surface area contributed by atoms with E-state index in [1.807, 2.05) is 12.3 Å². The number of hydroxylamine groups is 2. The molecular weight excluding hydrogens is 488 g/mol. The van der Waals surface area contributed by atoms with Gasteiger partial charge in [0.15, 0.2) is 6.61 Å². The molecule has 3 rings (SSSR count). The fraction of sp³-hybridized carbons (Fsp3) is 0.517. The molecule has 0 aromatic heterocycles. The van der Waals surface area contributed by atoms with Gasteiger partial charge in [-0.2, -0.15) is 11.8 Å². The Morgan fingerprint density at radius 3 is 2.86 bits per heavy atom. The van der Waals surface area contributed by atoms with E-state index in [-0.39, 0.29) is 23.5 Å². The molecular formula is C29H39N2O5S-. The van der Waals surface area contributed by atoms with E-state index in [2.05, 4.69) is 44.5 Å². The van der Waals surface area contributed by atoms with Crippen molar-refractivity contribution in [3.63, 3.8) is 0 Å². The molecule has 2 aliphatic rings. The average Bonchev–Trinajstić information content (AvgIpc) is 2.88. The lowest BCUT2D eigenvalue weighted by Gasteiger charge is -2.37. The van der Waals surface area contributed by atoms with Gasteiger partial charge in [0.25, 0.3) is 5.91 Å². The summed E-state index contributed by atoms with van der Waals surface area (Å²) < 4.78 is 12.3. The molecule has 37 heavy (non-hydrogen) atoms. The van der Waals surface area contributed by atoms with Gasteiger partial charge >= 0.3 is 0 Å². The van der Waals surface area contributed by atoms with Crippen LogP contribution < -0.4 is 14.8 Å². The highest BCUT2D eigenvalue weighted by Gasteiger charge is 2.37. The number of nitrogens with one attached hydrogen (secondary N) is 1. The molecule has 2 amide bonds. The van der Waals surface area contributed by atoms with Gasteiger partial charge in [0.2, 0.25) is 5.91 Å². The first kappa shape index (κ1) is 28.9. The van der Waals surface area contributed by atoms with Crippen molar-refractivity contribution in [2.75, 3.05) is 18.6 Å². The summed E-state index contributed by atoms with van der Waals surface area (Å²) in [4.78, 5) is 25.3. The molecule has 1 N–H and O–H groups in total. The predicted octanol–water partition coefficient (Wildman–Crippen LogP) is 5.85. The van der Waals surface area contributed by atoms with Crippen LogP contribution in [0.4, 0.5) is 0 Å². The standard InChI is InChI=1S/C29H39N2O5S/c1-6-8-9-10-21-16-25(28-23-15-19(3)11-12-22(23)20(4)36-26(28)17-21)35-18-27(32)30-24(13-14-37-5)29(33)31(34)7-2/h7,15-17,22-24H,2,4,6,8-14,18H2,1,3,5H3,(H,30,32)/q-1. The van der Waals surface area contributed by atoms with Crippen molar-refractivity contribution in [3.05, 3.63) is 65.2 Å². The third-order valence-electron chi connectivity index (χ3n) is 6.95. The van der Waals surface area contributed by atoms with Crippen molar-refractivity contribution in [1.82, 2.24) is 10.4 Å². The van der Waals surface area contributed by atoms with E-state index in [9.17, 15) is 14.8 Å². The van der Waals surface area contributed by atoms with Crippen LogP contribution in [0.25, 0.3) is 0 Å². The molecule has 0 fully saturated rings. The van der Waals surface area contributed by atoms with Crippen LogP contribution in [0, 0.1) is 11.1 Å². The number of benzene rings is 1. The number of fused-ring (bicyclic) bond motifs is 3. The first-order valence-electron chi connectivity index (χ1n) is 13.0. The summed E-state index contributed by atoms with van der Waals surface area (Å²) >= 11 is 1.53. The molecule has 0 radical (unpaired) electrons. The van der Waals surface area contributed by atoms with Crippen LogP contribution in [-0.2, 0) is 16.0 Å². The Labute approximate surface area is 224 Å². The Morgan fingerprint density at radius 2 is 2.16 bits per heavy atom. The largest absolute Gasteiger partial charge is 0.752 e. The second-order valence-electron chi connectivity index (χ2n) is 9.75. The van der Waals surface area contributed by atoms with E-state index in [0.717, 1.165) is 67.4 Å². The van der Waals surface area contributed by atoms with Gasteiger partial charge in [0.1, 0.15) is 23.3 Å². The number of nitrogens with zero attached hydrogens (tertiary/aromatic N) is 1. The third kappa shape index (κ3) is 7.42. The minimum atomic E-state index is -0.937. The zero-order valence-corrected chi connectivity index (χ0v) is 23.0. The minimum absolute atomic E-state index is 0.0743. The monoisotopic (exact) mass is 527 g/mol. The predicted molar refractivity (Wildman–Crippen MR) is 149 cm³/mol. The molecule has 7 nitrogen and oxygen atoms in total. The number of hydrogen-bond acceptors (Lipinski definition) is 6. The van der Waals surface area contributed by atoms with Gasteiger partial charge in [-0.25, -0.2) is 0 Å². The Hall–Kier alpha value is -2.71. The van der Waals surface area contributed by atoms with Crippen molar-refractivity contribution in [2.45, 2.75) is 70.8 Å². The van der Waals surface area contributed by atoms with Gasteiger partial charge in [-0.1, -0.05) is 44.6 Å². The third-order valence-corrected chi connectivity index (χ3v) is 7.60. The van der Waals surface area contributed by atoms with Gasteiger partial charge in [-0.15, -0.1) is 0 Å². The maximum Gasteiger partial charge on any atom is 0.258 e. The molecule has 0 saturated heterocycles. The van der Waals surface area contributed by atoms with Crippen molar-refractivity contribution in [1.29, 1.82) is 0 Å². The highest BCUT2D eigenvalue weighted by atomic mass is 32.2. The Balaban J connectivity index is 1.84. The Bertz CT molecular complexity index is 1040. The number of carbonyl (C=O) groups excluding carboxylic acids is 2. The van der Waals surface area contributed by atoms with Crippen molar-refractivity contribution in [2.24, 2.45) is 5.92 Å². The van der Waals surface area contributed by atoms with E-state index in [1.54, 1.807) is 0 Å². The van der Waals surface area contributed by atoms with Crippen LogP contribution in [0.2, 0.25) is 0 Å². The van der Waals surface area contributed by atoms with Crippen LogP contribution in [0.5, 0.6) is 11.5 Å². The summed E-state index contributed by atoms with van der Waals surface area (Å²) in [5.41, 5.74) is 3.35. The quantitative estimate of drug-likeness (QED) is 0.197. The van der Waals surface area contributed by atoms with Crippen LogP contribution in [-0.4, -0.2) is 41.5 Å². The van der Waals surface area contributed by atoms with Crippen LogP contribution in [0.15, 0.2) is 48.9 Å². The molecule has 3 unspecified atom stereocenters. The first-order valence-corrected chi connectivity index (χ1v) is 14.4. The van der Waals surface area contributed by atoms with Gasteiger partial charge in [0.05, 0.1) is 0 Å². The van der Waals surface area contributed by atoms with Crippen LogP contribution in [0.1, 0.15) is 69.4 Å². The van der Waals surface area contributed by atoms with E-state index in [0.29, 0.717) is 17.9 Å². The molecule has 1 aliphatic heterocycles. The van der Waals surface area contributed by atoms with Gasteiger partial charge in [-0.3, -0.25) is 9.59 Å². The zero-order chi connectivity index (χ0) is 26.9. The molecule has 3 atom stereocenters. The van der Waals surface area contributed by atoms with Crippen molar-refractivity contribution >= 4 is 23.6 Å². The molecule has 0 saturated carbocycles. The summed E-state index contributed by atoms with van der Waals surface area (Å²) in [5, 5.41) is 14.6.